The molecule has 1 aliphatic rings. The number of hydrogen-bond donors (Lipinski definition) is 2. The number of ketones is 1. The first kappa shape index (κ1) is 21.0. The van der Waals surface area contributed by atoms with Crippen molar-refractivity contribution in [1.82, 2.24) is 4.90 Å². The van der Waals surface area contributed by atoms with E-state index < -0.39 is 23.5 Å². The summed E-state index contributed by atoms with van der Waals surface area (Å²) in [7, 11) is 0. The lowest BCUT2D eigenvalue weighted by atomic mass is 9.95. The Morgan fingerprint density at radius 2 is 1.72 bits per heavy atom. The number of rotatable bonds is 7. The van der Waals surface area contributed by atoms with E-state index in [9.17, 15) is 19.1 Å². The van der Waals surface area contributed by atoms with Gasteiger partial charge < -0.3 is 19.8 Å². The van der Waals surface area contributed by atoms with E-state index in [4.69, 9.17) is 21.4 Å². The maximum atomic E-state index is 13.2. The Morgan fingerprint density at radius 3 is 2.34 bits per heavy atom. The van der Waals surface area contributed by atoms with Crippen LogP contribution in [0.15, 0.2) is 54.1 Å². The summed E-state index contributed by atoms with van der Waals surface area (Å²) in [5.41, 5.74) is 0.713. The van der Waals surface area contributed by atoms with Crippen molar-refractivity contribution in [3.8, 4) is 0 Å². The Hall–Kier alpha value is -2.74. The van der Waals surface area contributed by atoms with Gasteiger partial charge in [-0.3, -0.25) is 9.59 Å². The van der Waals surface area contributed by atoms with Gasteiger partial charge in [0.05, 0.1) is 31.4 Å². The highest BCUT2D eigenvalue weighted by molar-refractivity contribution is 6.46. The van der Waals surface area contributed by atoms with Crippen molar-refractivity contribution in [2.24, 2.45) is 0 Å². The predicted octanol–water partition coefficient (Wildman–Crippen LogP) is 2.91. The molecule has 0 bridgehead atoms. The Bertz CT molecular complexity index is 927. The van der Waals surface area contributed by atoms with Gasteiger partial charge in [0.15, 0.2) is 0 Å². The Morgan fingerprint density at radius 1 is 1.07 bits per heavy atom. The van der Waals surface area contributed by atoms with Crippen LogP contribution in [0.1, 0.15) is 17.2 Å². The van der Waals surface area contributed by atoms with Crippen LogP contribution in [0.2, 0.25) is 5.02 Å². The zero-order valence-corrected chi connectivity index (χ0v) is 16.1. The summed E-state index contributed by atoms with van der Waals surface area (Å²) in [6.45, 7) is 0.126. The number of Topliss-reactive ketones (excluding diaryl/α,β-unsaturated/α-hetero) is 1. The van der Waals surface area contributed by atoms with Crippen molar-refractivity contribution in [3.05, 3.63) is 76.1 Å². The first-order valence-corrected chi connectivity index (χ1v) is 9.30. The van der Waals surface area contributed by atoms with E-state index in [2.05, 4.69) is 0 Å². The average molecular weight is 420 g/mol. The molecule has 6 nitrogen and oxygen atoms in total. The number of ether oxygens (including phenoxy) is 1. The fourth-order valence-electron chi connectivity index (χ4n) is 3.20. The quantitative estimate of drug-likeness (QED) is 0.312. The van der Waals surface area contributed by atoms with E-state index in [-0.39, 0.29) is 43.3 Å². The van der Waals surface area contributed by atoms with E-state index in [0.717, 1.165) is 12.1 Å². The zero-order valence-electron chi connectivity index (χ0n) is 15.3. The van der Waals surface area contributed by atoms with Crippen LogP contribution in [0.5, 0.6) is 0 Å². The Kier molecular flexibility index (Phi) is 6.64. The molecule has 3 rings (SSSR count). The zero-order chi connectivity index (χ0) is 21.0. The average Bonchev–Trinajstić information content (AvgIpc) is 2.96. The van der Waals surface area contributed by atoms with Gasteiger partial charge in [0.1, 0.15) is 11.6 Å². The van der Waals surface area contributed by atoms with Crippen LogP contribution < -0.4 is 0 Å². The van der Waals surface area contributed by atoms with E-state index >= 15 is 0 Å². The van der Waals surface area contributed by atoms with Crippen molar-refractivity contribution in [2.75, 3.05) is 26.4 Å². The van der Waals surface area contributed by atoms with Crippen LogP contribution in [-0.4, -0.2) is 53.2 Å². The van der Waals surface area contributed by atoms with Crippen LogP contribution >= 0.6 is 11.6 Å². The van der Waals surface area contributed by atoms with Gasteiger partial charge >= 0.3 is 0 Å². The minimum absolute atomic E-state index is 0.0814. The minimum Gasteiger partial charge on any atom is -0.507 e. The number of aliphatic hydroxyl groups excluding tert-OH is 2. The molecule has 2 aromatic carbocycles. The standard InChI is InChI=1S/C21H19ClFNO5/c22-15-5-1-13(2-6-15)18-17(19(26)14-3-7-16(23)8-4-14)20(27)21(28)24(18)9-11-29-12-10-25/h1-8,18,25-26H,9-12H2. The lowest BCUT2D eigenvalue weighted by molar-refractivity contribution is -0.140. The molecule has 1 amide bonds. The predicted molar refractivity (Wildman–Crippen MR) is 105 cm³/mol. The summed E-state index contributed by atoms with van der Waals surface area (Å²) >= 11 is 5.95. The fourth-order valence-corrected chi connectivity index (χ4v) is 3.32. The van der Waals surface area contributed by atoms with Gasteiger partial charge in [-0.2, -0.15) is 0 Å². The first-order chi connectivity index (χ1) is 13.9. The number of aliphatic hydroxyl groups is 2. The highest BCUT2D eigenvalue weighted by Gasteiger charge is 2.45. The highest BCUT2D eigenvalue weighted by Crippen LogP contribution is 2.39. The first-order valence-electron chi connectivity index (χ1n) is 8.92. The molecule has 1 heterocycles. The van der Waals surface area contributed by atoms with Gasteiger partial charge in [-0.15, -0.1) is 0 Å². The number of amides is 1. The number of halogens is 2. The molecule has 0 radical (unpaired) electrons. The van der Waals surface area contributed by atoms with Gasteiger partial charge in [-0.1, -0.05) is 23.7 Å². The summed E-state index contributed by atoms with van der Waals surface area (Å²) in [6, 6.07) is 10.7. The SMILES string of the molecule is O=C1C(=O)N(CCOCCO)C(c2ccc(Cl)cc2)C1=C(O)c1ccc(F)cc1. The van der Waals surface area contributed by atoms with Crippen molar-refractivity contribution in [3.63, 3.8) is 0 Å². The van der Waals surface area contributed by atoms with Gasteiger partial charge in [0.2, 0.25) is 0 Å². The van der Waals surface area contributed by atoms with Crippen molar-refractivity contribution < 1.29 is 28.9 Å². The monoisotopic (exact) mass is 419 g/mol. The van der Waals surface area contributed by atoms with Crippen LogP contribution in [-0.2, 0) is 14.3 Å². The molecule has 152 valence electrons. The second-order valence-electron chi connectivity index (χ2n) is 6.39. The van der Waals surface area contributed by atoms with Crippen molar-refractivity contribution in [1.29, 1.82) is 0 Å². The molecule has 1 saturated heterocycles. The van der Waals surface area contributed by atoms with Crippen molar-refractivity contribution >= 4 is 29.1 Å². The molecule has 0 aliphatic carbocycles. The van der Waals surface area contributed by atoms with Gasteiger partial charge in [-0.05, 0) is 42.0 Å². The lowest BCUT2D eigenvalue weighted by Gasteiger charge is -2.25. The number of nitrogens with zero attached hydrogens (tertiary/aromatic N) is 1. The molecule has 8 heteroatoms. The van der Waals surface area contributed by atoms with E-state index in [1.54, 1.807) is 24.3 Å². The largest absolute Gasteiger partial charge is 0.507 e. The second-order valence-corrected chi connectivity index (χ2v) is 6.82. The summed E-state index contributed by atoms with van der Waals surface area (Å²) < 4.78 is 18.5. The van der Waals surface area contributed by atoms with Crippen LogP contribution in [0.4, 0.5) is 4.39 Å². The number of hydrogen-bond acceptors (Lipinski definition) is 5. The van der Waals surface area contributed by atoms with E-state index in [0.29, 0.717) is 10.6 Å². The third kappa shape index (κ3) is 4.48. The number of carbonyl (C=O) groups is 2. The third-order valence-corrected chi connectivity index (χ3v) is 4.81. The maximum absolute atomic E-state index is 13.2. The molecule has 2 N–H and O–H groups in total. The molecule has 1 aliphatic heterocycles. The minimum atomic E-state index is -0.852. The molecule has 29 heavy (non-hydrogen) atoms. The Labute approximate surface area is 171 Å². The summed E-state index contributed by atoms with van der Waals surface area (Å²) in [5.74, 6) is -2.49. The summed E-state index contributed by atoms with van der Waals surface area (Å²) in [5, 5.41) is 20.1. The van der Waals surface area contributed by atoms with E-state index in [1.165, 1.54) is 17.0 Å². The number of likely N-dealkylation sites (tertiary alicyclic amines) is 1. The molecular weight excluding hydrogens is 401 g/mol. The molecule has 2 aromatic rings. The van der Waals surface area contributed by atoms with Gasteiger partial charge in [0.25, 0.3) is 11.7 Å². The molecule has 1 fully saturated rings. The van der Waals surface area contributed by atoms with Gasteiger partial charge in [0, 0.05) is 17.1 Å². The summed E-state index contributed by atoms with van der Waals surface area (Å²) in [4.78, 5) is 26.7. The smallest absolute Gasteiger partial charge is 0.295 e. The van der Waals surface area contributed by atoms with Crippen LogP contribution in [0.3, 0.4) is 0 Å². The summed E-state index contributed by atoms with van der Waals surface area (Å²) in [6.07, 6.45) is 0. The molecule has 1 unspecified atom stereocenters. The normalized spacial score (nSPS) is 18.4. The van der Waals surface area contributed by atoms with Gasteiger partial charge in [-0.25, -0.2) is 4.39 Å². The van der Waals surface area contributed by atoms with Crippen molar-refractivity contribution in [2.45, 2.75) is 6.04 Å². The third-order valence-electron chi connectivity index (χ3n) is 4.56. The number of benzene rings is 2. The highest BCUT2D eigenvalue weighted by atomic mass is 35.5. The molecular formula is C21H19ClFNO5. The molecule has 1 atom stereocenters. The number of carbonyl (C=O) groups excluding carboxylic acids is 2. The molecule has 0 saturated carbocycles. The maximum Gasteiger partial charge on any atom is 0.295 e. The van der Waals surface area contributed by atoms with E-state index in [1.807, 2.05) is 0 Å². The van der Waals surface area contributed by atoms with Crippen LogP contribution in [0, 0.1) is 5.82 Å². The lowest BCUT2D eigenvalue weighted by Crippen LogP contribution is -2.33. The Balaban J connectivity index is 2.05. The topological polar surface area (TPSA) is 87.1 Å². The second kappa shape index (κ2) is 9.17. The molecule has 0 aromatic heterocycles. The molecule has 0 spiro atoms. The fraction of sp³-hybridized carbons (Fsp3) is 0.238. The van der Waals surface area contributed by atoms with Crippen LogP contribution in [0.25, 0.3) is 5.76 Å².